The zero-order valence-corrected chi connectivity index (χ0v) is 11.4. The molecule has 0 radical (unpaired) electrons. The Balaban J connectivity index is 1.90. The number of amides is 1. The van der Waals surface area contributed by atoms with Crippen LogP contribution >= 0.6 is 0 Å². The van der Waals surface area contributed by atoms with Crippen molar-refractivity contribution in [1.82, 2.24) is 9.88 Å². The molecule has 1 aromatic heterocycles. The Morgan fingerprint density at radius 1 is 1.25 bits per heavy atom. The Morgan fingerprint density at radius 2 is 1.95 bits per heavy atom. The van der Waals surface area contributed by atoms with E-state index in [0.29, 0.717) is 18.7 Å². The minimum absolute atomic E-state index is 0.0524. The number of aryl methyl sites for hydroxylation is 1. The van der Waals surface area contributed by atoms with Gasteiger partial charge in [0.15, 0.2) is 0 Å². The third-order valence-corrected chi connectivity index (χ3v) is 3.79. The third kappa shape index (κ3) is 2.26. The third-order valence-electron chi connectivity index (χ3n) is 3.79. The van der Waals surface area contributed by atoms with Gasteiger partial charge in [-0.25, -0.2) is 0 Å². The van der Waals surface area contributed by atoms with Crippen molar-refractivity contribution in [1.29, 1.82) is 0 Å². The van der Waals surface area contributed by atoms with Gasteiger partial charge in [-0.05, 0) is 24.6 Å². The summed E-state index contributed by atoms with van der Waals surface area (Å²) < 4.78 is 0. The molecule has 1 amide bonds. The molecule has 5 heteroatoms. The first kappa shape index (κ1) is 13.0. The van der Waals surface area contributed by atoms with Crippen LogP contribution in [0.2, 0.25) is 0 Å². The molecule has 1 saturated heterocycles. The van der Waals surface area contributed by atoms with Crippen molar-refractivity contribution in [2.45, 2.75) is 19.0 Å². The van der Waals surface area contributed by atoms with Crippen LogP contribution in [0.25, 0.3) is 10.9 Å². The zero-order chi connectivity index (χ0) is 14.3. The second-order valence-corrected chi connectivity index (χ2v) is 5.46. The van der Waals surface area contributed by atoms with Gasteiger partial charge in [-0.3, -0.25) is 9.78 Å². The molecule has 0 saturated carbocycles. The molecule has 3 rings (SSSR count). The van der Waals surface area contributed by atoms with Gasteiger partial charge in [0.05, 0.1) is 11.1 Å². The first-order chi connectivity index (χ1) is 9.54. The number of carbonyl (C=O) groups is 1. The topological polar surface area (TPSA) is 85.2 Å². The molecule has 2 atom stereocenters. The van der Waals surface area contributed by atoms with Gasteiger partial charge in [0.1, 0.15) is 0 Å². The number of pyridine rings is 1. The molecule has 1 aliphatic rings. The van der Waals surface area contributed by atoms with Crippen molar-refractivity contribution in [3.8, 4) is 0 Å². The van der Waals surface area contributed by atoms with Crippen molar-refractivity contribution < 1.29 is 4.79 Å². The summed E-state index contributed by atoms with van der Waals surface area (Å²) in [6, 6.07) is 7.59. The fraction of sp³-hybridized carbons (Fsp3) is 0.333. The summed E-state index contributed by atoms with van der Waals surface area (Å²) in [4.78, 5) is 18.5. The molecule has 1 fully saturated rings. The molecule has 0 bridgehead atoms. The molecule has 4 N–H and O–H groups in total. The summed E-state index contributed by atoms with van der Waals surface area (Å²) in [7, 11) is 0. The van der Waals surface area contributed by atoms with Crippen LogP contribution in [-0.2, 0) is 0 Å². The summed E-state index contributed by atoms with van der Waals surface area (Å²) in [6.45, 7) is 3.03. The number of carbonyl (C=O) groups excluding carboxylic acids is 1. The number of fused-ring (bicyclic) bond motifs is 1. The van der Waals surface area contributed by atoms with E-state index < -0.39 is 0 Å². The highest BCUT2D eigenvalue weighted by molar-refractivity contribution is 5.97. The van der Waals surface area contributed by atoms with E-state index in [1.54, 1.807) is 11.1 Å². The van der Waals surface area contributed by atoms with E-state index >= 15 is 0 Å². The van der Waals surface area contributed by atoms with E-state index in [2.05, 4.69) is 4.98 Å². The minimum Gasteiger partial charge on any atom is -0.335 e. The lowest BCUT2D eigenvalue weighted by molar-refractivity contribution is 0.0789. The SMILES string of the molecule is Cc1ccc2cc(C(=O)N3C[C@@H](N)[C@H](N)C3)cnc2c1. The highest BCUT2D eigenvalue weighted by Crippen LogP contribution is 2.17. The van der Waals surface area contributed by atoms with Crippen LogP contribution in [0.15, 0.2) is 30.5 Å². The van der Waals surface area contributed by atoms with Crippen LogP contribution in [-0.4, -0.2) is 41.0 Å². The van der Waals surface area contributed by atoms with Gasteiger partial charge in [-0.15, -0.1) is 0 Å². The zero-order valence-electron chi connectivity index (χ0n) is 11.4. The highest BCUT2D eigenvalue weighted by atomic mass is 16.2. The van der Waals surface area contributed by atoms with Gasteiger partial charge in [0.2, 0.25) is 0 Å². The van der Waals surface area contributed by atoms with Crippen LogP contribution < -0.4 is 11.5 Å². The van der Waals surface area contributed by atoms with Crippen molar-refractivity contribution in [3.63, 3.8) is 0 Å². The summed E-state index contributed by atoms with van der Waals surface area (Å²) in [5, 5.41) is 0.967. The summed E-state index contributed by atoms with van der Waals surface area (Å²) in [5.74, 6) is -0.0524. The number of aromatic nitrogens is 1. The molecule has 20 heavy (non-hydrogen) atoms. The number of nitrogens with zero attached hydrogens (tertiary/aromatic N) is 2. The fourth-order valence-corrected chi connectivity index (χ4v) is 2.55. The summed E-state index contributed by atoms with van der Waals surface area (Å²) >= 11 is 0. The van der Waals surface area contributed by atoms with E-state index in [-0.39, 0.29) is 18.0 Å². The Morgan fingerprint density at radius 3 is 2.65 bits per heavy atom. The second-order valence-electron chi connectivity index (χ2n) is 5.46. The lowest BCUT2D eigenvalue weighted by Gasteiger charge is -2.15. The smallest absolute Gasteiger partial charge is 0.255 e. The maximum absolute atomic E-state index is 12.4. The molecule has 0 aliphatic carbocycles. The first-order valence-corrected chi connectivity index (χ1v) is 6.71. The molecule has 5 nitrogen and oxygen atoms in total. The Kier molecular flexibility index (Phi) is 3.16. The Labute approximate surface area is 117 Å². The Hall–Kier alpha value is -1.98. The van der Waals surface area contributed by atoms with Crippen molar-refractivity contribution in [3.05, 3.63) is 41.6 Å². The number of rotatable bonds is 1. The largest absolute Gasteiger partial charge is 0.335 e. The quantitative estimate of drug-likeness (QED) is 0.797. The molecule has 2 heterocycles. The van der Waals surface area contributed by atoms with Gasteiger partial charge < -0.3 is 16.4 Å². The highest BCUT2D eigenvalue weighted by Gasteiger charge is 2.30. The number of likely N-dealkylation sites (tertiary alicyclic amines) is 1. The number of hydrogen-bond acceptors (Lipinski definition) is 4. The Bertz CT molecular complexity index is 660. The van der Waals surface area contributed by atoms with Crippen LogP contribution in [0.5, 0.6) is 0 Å². The van der Waals surface area contributed by atoms with Crippen LogP contribution in [0.4, 0.5) is 0 Å². The van der Waals surface area contributed by atoms with Gasteiger partial charge in [-0.2, -0.15) is 0 Å². The standard InChI is InChI=1S/C15H18N4O/c1-9-2-3-10-5-11(6-18-14(10)4-9)15(20)19-7-12(16)13(17)8-19/h2-6,12-13H,7-8,16-17H2,1H3/t12-,13-/m1/s1. The van der Waals surface area contributed by atoms with Crippen LogP contribution in [0.1, 0.15) is 15.9 Å². The maximum Gasteiger partial charge on any atom is 0.255 e. The normalized spacial score (nSPS) is 22.4. The monoisotopic (exact) mass is 270 g/mol. The average Bonchev–Trinajstić information content (AvgIpc) is 2.77. The molecule has 2 aromatic rings. The molecule has 0 spiro atoms. The molecular formula is C15H18N4O. The van der Waals surface area contributed by atoms with E-state index in [0.717, 1.165) is 16.5 Å². The van der Waals surface area contributed by atoms with Gasteiger partial charge in [-0.1, -0.05) is 12.1 Å². The summed E-state index contributed by atoms with van der Waals surface area (Å²) in [5.41, 5.74) is 14.4. The second kappa shape index (κ2) is 4.85. The van der Waals surface area contributed by atoms with Gasteiger partial charge >= 0.3 is 0 Å². The molecule has 104 valence electrons. The lowest BCUT2D eigenvalue weighted by Crippen LogP contribution is -2.39. The number of benzene rings is 1. The molecule has 0 unspecified atom stereocenters. The number of nitrogens with two attached hydrogens (primary N) is 2. The predicted octanol–water partition coefficient (Wildman–Crippen LogP) is 0.654. The van der Waals surface area contributed by atoms with Crippen LogP contribution in [0, 0.1) is 6.92 Å². The minimum atomic E-state index is -0.144. The maximum atomic E-state index is 12.4. The first-order valence-electron chi connectivity index (χ1n) is 6.71. The lowest BCUT2D eigenvalue weighted by atomic mass is 10.1. The molecule has 1 aromatic carbocycles. The molecular weight excluding hydrogens is 252 g/mol. The predicted molar refractivity (Wildman–Crippen MR) is 78.3 cm³/mol. The van der Waals surface area contributed by atoms with Crippen molar-refractivity contribution in [2.75, 3.05) is 13.1 Å². The fourth-order valence-electron chi connectivity index (χ4n) is 2.55. The average molecular weight is 270 g/mol. The summed E-state index contributed by atoms with van der Waals surface area (Å²) in [6.07, 6.45) is 1.62. The van der Waals surface area contributed by atoms with Crippen LogP contribution in [0.3, 0.4) is 0 Å². The van der Waals surface area contributed by atoms with Crippen molar-refractivity contribution in [2.24, 2.45) is 11.5 Å². The van der Waals surface area contributed by atoms with Gasteiger partial charge in [0, 0.05) is 36.8 Å². The van der Waals surface area contributed by atoms with E-state index in [4.69, 9.17) is 11.5 Å². The van der Waals surface area contributed by atoms with Crippen molar-refractivity contribution >= 4 is 16.8 Å². The van der Waals surface area contributed by atoms with E-state index in [1.165, 1.54) is 0 Å². The van der Waals surface area contributed by atoms with Gasteiger partial charge in [0.25, 0.3) is 5.91 Å². The van der Waals surface area contributed by atoms with E-state index in [1.807, 2.05) is 31.2 Å². The number of hydrogen-bond donors (Lipinski definition) is 2. The van der Waals surface area contributed by atoms with E-state index in [9.17, 15) is 4.79 Å². The molecule has 1 aliphatic heterocycles.